The third kappa shape index (κ3) is 1.03. The number of rotatable bonds is 3. The third-order valence-corrected chi connectivity index (χ3v) is 3.60. The summed E-state index contributed by atoms with van der Waals surface area (Å²) in [4.78, 5) is 0. The van der Waals surface area contributed by atoms with E-state index in [9.17, 15) is 0 Å². The lowest BCUT2D eigenvalue weighted by Crippen LogP contribution is -2.36. The van der Waals surface area contributed by atoms with Gasteiger partial charge >= 0.3 is 0 Å². The molecule has 1 heteroatoms. The molecule has 2 fully saturated rings. The summed E-state index contributed by atoms with van der Waals surface area (Å²) in [7, 11) is 0. The second kappa shape index (κ2) is 2.88. The van der Waals surface area contributed by atoms with Crippen LogP contribution in [0.3, 0.4) is 0 Å². The molecule has 1 nitrogen and oxygen atoms in total. The predicted molar refractivity (Wildman–Crippen MR) is 50.0 cm³/mol. The molecule has 0 N–H and O–H groups in total. The maximum Gasteiger partial charge on any atom is 0.0890 e. The molecule has 68 valence electrons. The van der Waals surface area contributed by atoms with Gasteiger partial charge in [-0.3, -0.25) is 0 Å². The van der Waals surface area contributed by atoms with Crippen LogP contribution < -0.4 is 0 Å². The van der Waals surface area contributed by atoms with Crippen LogP contribution in [0.1, 0.15) is 32.6 Å². The highest BCUT2D eigenvalue weighted by Crippen LogP contribution is 2.52. The van der Waals surface area contributed by atoms with Crippen molar-refractivity contribution in [1.29, 1.82) is 0 Å². The molecule has 0 radical (unpaired) electrons. The van der Waals surface area contributed by atoms with Gasteiger partial charge in [-0.25, -0.2) is 0 Å². The summed E-state index contributed by atoms with van der Waals surface area (Å²) in [5.41, 5.74) is 0.0671. The van der Waals surface area contributed by atoms with Gasteiger partial charge in [-0.15, -0.1) is 6.58 Å². The van der Waals surface area contributed by atoms with E-state index in [1.54, 1.807) is 0 Å². The van der Waals surface area contributed by atoms with Crippen molar-refractivity contribution in [3.8, 4) is 0 Å². The average molecular weight is 166 g/mol. The summed E-state index contributed by atoms with van der Waals surface area (Å²) < 4.78 is 5.86. The Morgan fingerprint density at radius 1 is 1.58 bits per heavy atom. The van der Waals surface area contributed by atoms with Gasteiger partial charge in [0.25, 0.3) is 0 Å². The van der Waals surface area contributed by atoms with Crippen LogP contribution in [0.25, 0.3) is 0 Å². The first-order chi connectivity index (χ1) is 5.80. The minimum atomic E-state index is 0.0671. The molecule has 3 atom stereocenters. The van der Waals surface area contributed by atoms with Gasteiger partial charge in [-0.1, -0.05) is 6.08 Å². The maximum atomic E-state index is 5.86. The summed E-state index contributed by atoms with van der Waals surface area (Å²) in [5, 5.41) is 0. The van der Waals surface area contributed by atoms with E-state index in [0.717, 1.165) is 18.4 Å². The Bertz CT molecular complexity index is 187. The molecule has 2 saturated carbocycles. The number of ether oxygens (including phenoxy) is 1. The van der Waals surface area contributed by atoms with Crippen molar-refractivity contribution in [2.75, 3.05) is 6.61 Å². The molecule has 2 rings (SSSR count). The Balaban J connectivity index is 2.13. The van der Waals surface area contributed by atoms with Gasteiger partial charge in [-0.2, -0.15) is 0 Å². The second-order valence-electron chi connectivity index (χ2n) is 4.17. The first-order valence-corrected chi connectivity index (χ1v) is 5.08. The van der Waals surface area contributed by atoms with E-state index in [4.69, 9.17) is 4.74 Å². The van der Waals surface area contributed by atoms with Crippen molar-refractivity contribution in [2.45, 2.75) is 38.2 Å². The molecule has 0 spiro atoms. The highest BCUT2D eigenvalue weighted by Gasteiger charge is 2.49. The predicted octanol–water partition coefficient (Wildman–Crippen LogP) is 2.77. The Morgan fingerprint density at radius 2 is 2.42 bits per heavy atom. The fourth-order valence-corrected chi connectivity index (χ4v) is 3.08. The summed E-state index contributed by atoms with van der Waals surface area (Å²) in [6, 6.07) is 0. The fraction of sp³-hybridized carbons (Fsp3) is 0.818. The summed E-state index contributed by atoms with van der Waals surface area (Å²) in [6.45, 7) is 6.84. The van der Waals surface area contributed by atoms with Crippen LogP contribution in [0, 0.1) is 11.8 Å². The SMILES string of the molecule is C=CC1(OCC)CC2CCC1C2. The summed E-state index contributed by atoms with van der Waals surface area (Å²) in [6.07, 6.45) is 7.45. The summed E-state index contributed by atoms with van der Waals surface area (Å²) in [5.74, 6) is 1.71. The van der Waals surface area contributed by atoms with Gasteiger partial charge in [0.1, 0.15) is 0 Å². The van der Waals surface area contributed by atoms with Crippen LogP contribution in [0.2, 0.25) is 0 Å². The minimum Gasteiger partial charge on any atom is -0.371 e. The Hall–Kier alpha value is -0.300. The lowest BCUT2D eigenvalue weighted by molar-refractivity contribution is -0.0399. The lowest BCUT2D eigenvalue weighted by atomic mass is 9.84. The van der Waals surface area contributed by atoms with Gasteiger partial charge in [0.2, 0.25) is 0 Å². The van der Waals surface area contributed by atoms with Gasteiger partial charge in [0, 0.05) is 6.61 Å². The fourth-order valence-electron chi connectivity index (χ4n) is 3.08. The molecule has 0 heterocycles. The molecule has 0 aromatic rings. The molecular weight excluding hydrogens is 148 g/mol. The molecular formula is C11H18O. The molecule has 2 aliphatic carbocycles. The van der Waals surface area contributed by atoms with Crippen molar-refractivity contribution in [1.82, 2.24) is 0 Å². The third-order valence-electron chi connectivity index (χ3n) is 3.60. The first kappa shape index (κ1) is 8.31. The second-order valence-corrected chi connectivity index (χ2v) is 4.17. The highest BCUT2D eigenvalue weighted by molar-refractivity contribution is 5.11. The normalized spacial score (nSPS) is 45.1. The number of hydrogen-bond acceptors (Lipinski definition) is 1. The lowest BCUT2D eigenvalue weighted by Gasteiger charge is -2.34. The zero-order valence-electron chi connectivity index (χ0n) is 7.88. The van der Waals surface area contributed by atoms with E-state index in [2.05, 4.69) is 19.6 Å². The van der Waals surface area contributed by atoms with Crippen molar-refractivity contribution in [3.05, 3.63) is 12.7 Å². The number of hydrogen-bond donors (Lipinski definition) is 0. The molecule has 3 unspecified atom stereocenters. The van der Waals surface area contributed by atoms with E-state index < -0.39 is 0 Å². The molecule has 2 aliphatic rings. The smallest absolute Gasteiger partial charge is 0.0890 e. The highest BCUT2D eigenvalue weighted by atomic mass is 16.5. The monoisotopic (exact) mass is 166 g/mol. The standard InChI is InChI=1S/C11H18O/c1-3-11(12-4-2)8-9-5-6-10(11)7-9/h3,9-10H,1,4-8H2,2H3. The average Bonchev–Trinajstić information content (AvgIpc) is 2.64. The molecule has 0 aromatic heterocycles. The van der Waals surface area contributed by atoms with E-state index in [0.29, 0.717) is 0 Å². The quantitative estimate of drug-likeness (QED) is 0.586. The van der Waals surface area contributed by atoms with Gasteiger partial charge in [0.05, 0.1) is 5.60 Å². The van der Waals surface area contributed by atoms with Crippen LogP contribution in [-0.4, -0.2) is 12.2 Å². The Kier molecular flexibility index (Phi) is 1.99. The van der Waals surface area contributed by atoms with Crippen LogP contribution in [0.5, 0.6) is 0 Å². The van der Waals surface area contributed by atoms with Crippen LogP contribution in [-0.2, 0) is 4.74 Å². The van der Waals surface area contributed by atoms with Crippen molar-refractivity contribution < 1.29 is 4.74 Å². The maximum absolute atomic E-state index is 5.86. The molecule has 0 saturated heterocycles. The molecule has 0 aliphatic heterocycles. The molecule has 12 heavy (non-hydrogen) atoms. The van der Waals surface area contributed by atoms with Crippen LogP contribution >= 0.6 is 0 Å². The Morgan fingerprint density at radius 3 is 2.83 bits per heavy atom. The van der Waals surface area contributed by atoms with E-state index >= 15 is 0 Å². The van der Waals surface area contributed by atoms with Crippen LogP contribution in [0.4, 0.5) is 0 Å². The van der Waals surface area contributed by atoms with Crippen molar-refractivity contribution in [2.24, 2.45) is 11.8 Å². The van der Waals surface area contributed by atoms with Crippen molar-refractivity contribution >= 4 is 0 Å². The van der Waals surface area contributed by atoms with Gasteiger partial charge in [-0.05, 0) is 44.4 Å². The van der Waals surface area contributed by atoms with Gasteiger partial charge in [0.15, 0.2) is 0 Å². The van der Waals surface area contributed by atoms with Gasteiger partial charge < -0.3 is 4.74 Å². The Labute approximate surface area is 74.8 Å². The van der Waals surface area contributed by atoms with E-state index in [-0.39, 0.29) is 5.60 Å². The van der Waals surface area contributed by atoms with E-state index in [1.165, 1.54) is 25.7 Å². The zero-order chi connectivity index (χ0) is 8.60. The molecule has 0 aromatic carbocycles. The topological polar surface area (TPSA) is 9.23 Å². The molecule has 0 amide bonds. The number of fused-ring (bicyclic) bond motifs is 2. The van der Waals surface area contributed by atoms with E-state index in [1.807, 2.05) is 0 Å². The van der Waals surface area contributed by atoms with Crippen molar-refractivity contribution in [3.63, 3.8) is 0 Å². The largest absolute Gasteiger partial charge is 0.371 e. The van der Waals surface area contributed by atoms with Crippen LogP contribution in [0.15, 0.2) is 12.7 Å². The summed E-state index contributed by atoms with van der Waals surface area (Å²) >= 11 is 0. The zero-order valence-corrected chi connectivity index (χ0v) is 7.88. The molecule has 2 bridgehead atoms. The minimum absolute atomic E-state index is 0.0671. The first-order valence-electron chi connectivity index (χ1n) is 5.08.